The average Bonchev–Trinajstić information content (AvgIpc) is 2.61. The second-order valence-corrected chi connectivity index (χ2v) is 7.57. The lowest BCUT2D eigenvalue weighted by molar-refractivity contribution is -0.138. The van der Waals surface area contributed by atoms with E-state index in [1.54, 1.807) is 6.92 Å². The number of halogens is 7. The molecule has 11 heteroatoms. The fourth-order valence-corrected chi connectivity index (χ4v) is 3.44. The predicted octanol–water partition coefficient (Wildman–Crippen LogP) is 6.00. The molecule has 3 nitrogen and oxygen atoms in total. The van der Waals surface area contributed by atoms with Crippen molar-refractivity contribution >= 4 is 35.0 Å². The van der Waals surface area contributed by atoms with Crippen LogP contribution in [0.4, 0.5) is 32.0 Å². The Morgan fingerprint density at radius 1 is 1.07 bits per heavy atom. The van der Waals surface area contributed by atoms with Crippen molar-refractivity contribution in [3.05, 3.63) is 57.6 Å². The van der Waals surface area contributed by atoms with Gasteiger partial charge in [-0.05, 0) is 41.6 Å². The first-order valence-corrected chi connectivity index (χ1v) is 9.48. The van der Waals surface area contributed by atoms with Gasteiger partial charge in [0.1, 0.15) is 0 Å². The Morgan fingerprint density at radius 3 is 2.24 bits per heavy atom. The first kappa shape index (κ1) is 23.2. The van der Waals surface area contributed by atoms with Crippen LogP contribution in [0, 0.1) is 0 Å². The van der Waals surface area contributed by atoms with Crippen LogP contribution in [0.1, 0.15) is 34.0 Å². The molecule has 0 aliphatic heterocycles. The van der Waals surface area contributed by atoms with Gasteiger partial charge in [0.25, 0.3) is 5.91 Å². The van der Waals surface area contributed by atoms with E-state index in [0.717, 1.165) is 12.1 Å². The van der Waals surface area contributed by atoms with Crippen LogP contribution >= 0.6 is 23.4 Å². The van der Waals surface area contributed by atoms with Gasteiger partial charge >= 0.3 is 12.4 Å². The van der Waals surface area contributed by atoms with Gasteiger partial charge in [-0.1, -0.05) is 18.5 Å². The van der Waals surface area contributed by atoms with E-state index in [0.29, 0.717) is 22.8 Å². The maximum atomic E-state index is 13.0. The summed E-state index contributed by atoms with van der Waals surface area (Å²) >= 11 is 6.96. The Labute approximate surface area is 171 Å². The number of hydrogen-bond acceptors (Lipinski definition) is 3. The fourth-order valence-electron chi connectivity index (χ4n) is 2.43. The summed E-state index contributed by atoms with van der Waals surface area (Å²) in [5, 5.41) is 1.86. The van der Waals surface area contributed by atoms with E-state index in [1.807, 2.05) is 0 Å². The Balaban J connectivity index is 2.32. The maximum absolute atomic E-state index is 13.0. The smallest absolute Gasteiger partial charge is 0.397 e. The number of amides is 1. The monoisotopic (exact) mass is 456 g/mol. The van der Waals surface area contributed by atoms with Gasteiger partial charge in [-0.25, -0.2) is 0 Å². The first-order valence-electron chi connectivity index (χ1n) is 8.12. The number of nitrogen functional groups attached to an aromatic ring is 1. The van der Waals surface area contributed by atoms with E-state index in [-0.39, 0.29) is 17.8 Å². The van der Waals surface area contributed by atoms with Gasteiger partial charge in [0.2, 0.25) is 0 Å². The number of nitrogens with one attached hydrogen (secondary N) is 1. The van der Waals surface area contributed by atoms with Crippen LogP contribution in [0.15, 0.2) is 35.2 Å². The molecule has 0 radical (unpaired) electrons. The lowest BCUT2D eigenvalue weighted by atomic mass is 10.1. The molecule has 0 aliphatic carbocycles. The molecule has 0 heterocycles. The van der Waals surface area contributed by atoms with Crippen molar-refractivity contribution in [3.8, 4) is 0 Å². The van der Waals surface area contributed by atoms with Crippen LogP contribution < -0.4 is 11.1 Å². The summed E-state index contributed by atoms with van der Waals surface area (Å²) in [6.07, 6.45) is -9.33. The van der Waals surface area contributed by atoms with Crippen molar-refractivity contribution < 1.29 is 31.1 Å². The molecule has 158 valence electrons. The minimum Gasteiger partial charge on any atom is -0.397 e. The predicted molar refractivity (Wildman–Crippen MR) is 99.9 cm³/mol. The van der Waals surface area contributed by atoms with E-state index < -0.39 is 40.0 Å². The number of hydrogen-bond donors (Lipinski definition) is 2. The van der Waals surface area contributed by atoms with Gasteiger partial charge in [0.05, 0.1) is 27.4 Å². The van der Waals surface area contributed by atoms with Crippen molar-refractivity contribution in [1.82, 2.24) is 5.32 Å². The minimum atomic E-state index is -4.75. The zero-order chi connectivity index (χ0) is 22.0. The highest BCUT2D eigenvalue weighted by atomic mass is 35.5. The number of carbonyl (C=O) groups is 1. The minimum absolute atomic E-state index is 0.177. The zero-order valence-electron chi connectivity index (χ0n) is 14.8. The number of carbonyl (C=O) groups excluding carboxylic acids is 1. The number of benzene rings is 2. The lowest BCUT2D eigenvalue weighted by Gasteiger charge is -2.15. The summed E-state index contributed by atoms with van der Waals surface area (Å²) in [6, 6.07) is 4.24. The lowest BCUT2D eigenvalue weighted by Crippen LogP contribution is -2.25. The van der Waals surface area contributed by atoms with Gasteiger partial charge in [-0.3, -0.25) is 4.79 Å². The number of nitrogens with two attached hydrogens (primary N) is 1. The Hall–Kier alpha value is -2.07. The summed E-state index contributed by atoms with van der Waals surface area (Å²) in [4.78, 5) is 12.9. The van der Waals surface area contributed by atoms with Gasteiger partial charge < -0.3 is 11.1 Å². The van der Waals surface area contributed by atoms with Gasteiger partial charge in [-0.15, -0.1) is 11.8 Å². The van der Waals surface area contributed by atoms with Crippen LogP contribution in [-0.2, 0) is 18.9 Å². The van der Waals surface area contributed by atoms with E-state index in [2.05, 4.69) is 5.32 Å². The van der Waals surface area contributed by atoms with E-state index >= 15 is 0 Å². The summed E-state index contributed by atoms with van der Waals surface area (Å²) < 4.78 is 77.8. The summed E-state index contributed by atoms with van der Waals surface area (Å²) in [5.74, 6) is -0.414. The molecular weight excluding hydrogens is 442 g/mol. The van der Waals surface area contributed by atoms with Crippen LogP contribution in [0.25, 0.3) is 0 Å². The Bertz CT molecular complexity index is 914. The van der Waals surface area contributed by atoms with Gasteiger partial charge in [0.15, 0.2) is 0 Å². The number of alkyl halides is 6. The van der Waals surface area contributed by atoms with Gasteiger partial charge in [0, 0.05) is 11.4 Å². The SMILES string of the molecule is CCSc1ccc(C(F)(F)F)cc1CNC(=O)c1cc(C(F)(F)F)cc(Cl)c1N. The molecule has 0 atom stereocenters. The molecule has 2 aromatic rings. The topological polar surface area (TPSA) is 55.1 Å². The largest absolute Gasteiger partial charge is 0.416 e. The Morgan fingerprint density at radius 2 is 1.69 bits per heavy atom. The van der Waals surface area contributed by atoms with Crippen molar-refractivity contribution in [2.24, 2.45) is 0 Å². The third kappa shape index (κ3) is 5.72. The van der Waals surface area contributed by atoms with Crippen LogP contribution in [0.5, 0.6) is 0 Å². The standard InChI is InChI=1S/C18H15ClF6N2OS/c1-2-29-14-4-3-10(17(20,21)22)5-9(14)8-27-16(28)12-6-11(18(23,24)25)7-13(19)15(12)26/h3-7H,2,8,26H2,1H3,(H,27,28). The van der Waals surface area contributed by atoms with Crippen molar-refractivity contribution in [2.75, 3.05) is 11.5 Å². The molecule has 0 fully saturated rings. The van der Waals surface area contributed by atoms with E-state index in [1.165, 1.54) is 17.8 Å². The molecule has 0 aliphatic rings. The normalized spacial score (nSPS) is 12.1. The van der Waals surface area contributed by atoms with Crippen LogP contribution in [-0.4, -0.2) is 11.7 Å². The average molecular weight is 457 g/mol. The number of anilines is 1. The zero-order valence-corrected chi connectivity index (χ0v) is 16.4. The molecule has 0 unspecified atom stereocenters. The molecule has 1 amide bonds. The van der Waals surface area contributed by atoms with Crippen molar-refractivity contribution in [1.29, 1.82) is 0 Å². The molecule has 0 saturated heterocycles. The number of thioether (sulfide) groups is 1. The fraction of sp³-hybridized carbons (Fsp3) is 0.278. The molecule has 3 N–H and O–H groups in total. The van der Waals surface area contributed by atoms with Crippen LogP contribution in [0.3, 0.4) is 0 Å². The van der Waals surface area contributed by atoms with E-state index in [9.17, 15) is 31.1 Å². The van der Waals surface area contributed by atoms with Crippen LogP contribution in [0.2, 0.25) is 5.02 Å². The highest BCUT2D eigenvalue weighted by Gasteiger charge is 2.33. The highest BCUT2D eigenvalue weighted by Crippen LogP contribution is 2.36. The Kier molecular flexibility index (Phi) is 7.00. The summed E-state index contributed by atoms with van der Waals surface area (Å²) in [7, 11) is 0. The molecule has 0 bridgehead atoms. The third-order valence-corrected chi connectivity index (χ3v) is 5.14. The quantitative estimate of drug-likeness (QED) is 0.329. The second-order valence-electron chi connectivity index (χ2n) is 5.85. The maximum Gasteiger partial charge on any atom is 0.416 e. The first-order chi connectivity index (χ1) is 13.3. The molecule has 0 saturated carbocycles. The van der Waals surface area contributed by atoms with Crippen molar-refractivity contribution in [2.45, 2.75) is 30.7 Å². The molecule has 0 spiro atoms. The number of rotatable bonds is 5. The molecular formula is C18H15ClF6N2OS. The molecule has 2 aromatic carbocycles. The molecule has 2 rings (SSSR count). The summed E-state index contributed by atoms with van der Waals surface area (Å²) in [5.41, 5.74) is 2.86. The second kappa shape index (κ2) is 8.74. The van der Waals surface area contributed by atoms with Gasteiger partial charge in [-0.2, -0.15) is 26.3 Å². The highest BCUT2D eigenvalue weighted by molar-refractivity contribution is 7.99. The third-order valence-electron chi connectivity index (χ3n) is 3.83. The molecule has 29 heavy (non-hydrogen) atoms. The van der Waals surface area contributed by atoms with E-state index in [4.69, 9.17) is 17.3 Å². The van der Waals surface area contributed by atoms with Crippen molar-refractivity contribution in [3.63, 3.8) is 0 Å². The summed E-state index contributed by atoms with van der Waals surface area (Å²) in [6.45, 7) is 1.47. The molecule has 0 aromatic heterocycles.